The van der Waals surface area contributed by atoms with Crippen LogP contribution in [0.2, 0.25) is 0 Å². The fourth-order valence-electron chi connectivity index (χ4n) is 4.32. The quantitative estimate of drug-likeness (QED) is 0.490. The van der Waals surface area contributed by atoms with Gasteiger partial charge in [0.05, 0.1) is 10.7 Å². The minimum absolute atomic E-state index is 0.0210. The number of ether oxygens (including phenoxy) is 5. The molecule has 3 rings (SSSR count). The summed E-state index contributed by atoms with van der Waals surface area (Å²) in [4.78, 5) is 27.6. The highest BCUT2D eigenvalue weighted by Gasteiger charge is 2.69. The third-order valence-electron chi connectivity index (χ3n) is 5.56. The number of hydrogen-bond donors (Lipinski definition) is 0. The largest absolute Gasteiger partial charge is 0.465 e. The number of methoxy groups -OCH3 is 2. The maximum Gasteiger partial charge on any atom is 0.412 e. The first-order chi connectivity index (χ1) is 14.6. The van der Waals surface area contributed by atoms with Crippen LogP contribution in [0.15, 0.2) is 21.2 Å². The van der Waals surface area contributed by atoms with Gasteiger partial charge in [0.1, 0.15) is 42.2 Å². The summed E-state index contributed by atoms with van der Waals surface area (Å²) in [6.07, 6.45) is 1.33. The molecule has 1 aromatic rings. The van der Waals surface area contributed by atoms with Crippen LogP contribution in [-0.4, -0.2) is 62.5 Å². The molecular weight excluding hydrogens is 474 g/mol. The molecule has 0 N–H and O–H groups in total. The standard InChI is InChI=1S/C21H30BrNO8/c1-19(2,3)31-18(25)23(12-26-4)11-20-10-15(17-14(22)7-9-28-17)30-21(20,29-13-27-5)8-6-16(20)24/h7,9,15H,6,8,10-13H2,1-5H3/t15?,20-,21-/m0/s1. The van der Waals surface area contributed by atoms with Gasteiger partial charge in [0.15, 0.2) is 5.79 Å². The molecule has 174 valence electrons. The van der Waals surface area contributed by atoms with Gasteiger partial charge in [-0.1, -0.05) is 0 Å². The average Bonchev–Trinajstić information content (AvgIpc) is 3.31. The van der Waals surface area contributed by atoms with Gasteiger partial charge in [-0.05, 0) is 42.8 Å². The second kappa shape index (κ2) is 9.19. The van der Waals surface area contributed by atoms with E-state index in [1.807, 2.05) is 0 Å². The number of rotatable bonds is 8. The van der Waals surface area contributed by atoms with Crippen molar-refractivity contribution < 1.29 is 37.7 Å². The van der Waals surface area contributed by atoms with Crippen LogP contribution in [0, 0.1) is 5.41 Å². The molecule has 10 heteroatoms. The first-order valence-corrected chi connectivity index (χ1v) is 10.9. The molecule has 1 aliphatic heterocycles. The minimum atomic E-state index is -1.26. The van der Waals surface area contributed by atoms with E-state index in [2.05, 4.69) is 15.9 Å². The van der Waals surface area contributed by atoms with Crippen molar-refractivity contribution in [3.05, 3.63) is 22.6 Å². The summed E-state index contributed by atoms with van der Waals surface area (Å²) in [5, 5.41) is 0. The summed E-state index contributed by atoms with van der Waals surface area (Å²) in [5.41, 5.74) is -1.82. The van der Waals surface area contributed by atoms with E-state index in [0.29, 0.717) is 12.2 Å². The second-order valence-electron chi connectivity index (χ2n) is 8.85. The minimum Gasteiger partial charge on any atom is -0.465 e. The van der Waals surface area contributed by atoms with Gasteiger partial charge in [0.25, 0.3) is 0 Å². The number of fused-ring (bicyclic) bond motifs is 1. The topological polar surface area (TPSA) is 96.7 Å². The number of carbonyl (C=O) groups is 2. The predicted molar refractivity (Wildman–Crippen MR) is 112 cm³/mol. The Balaban J connectivity index is 1.97. The number of hydrogen-bond acceptors (Lipinski definition) is 8. The van der Waals surface area contributed by atoms with E-state index in [0.717, 1.165) is 4.47 Å². The fourth-order valence-corrected chi connectivity index (χ4v) is 4.78. The Labute approximate surface area is 190 Å². The molecule has 0 bridgehead atoms. The summed E-state index contributed by atoms with van der Waals surface area (Å²) in [6.45, 7) is 5.27. The number of halogens is 1. The Morgan fingerprint density at radius 1 is 1.32 bits per heavy atom. The van der Waals surface area contributed by atoms with Gasteiger partial charge in [-0.25, -0.2) is 4.79 Å². The van der Waals surface area contributed by atoms with Crippen molar-refractivity contribution in [3.63, 3.8) is 0 Å². The zero-order chi connectivity index (χ0) is 22.9. The van der Waals surface area contributed by atoms with Crippen molar-refractivity contribution in [1.29, 1.82) is 0 Å². The maximum absolute atomic E-state index is 13.3. The van der Waals surface area contributed by atoms with Gasteiger partial charge in [-0.15, -0.1) is 0 Å². The molecule has 3 atom stereocenters. The van der Waals surface area contributed by atoms with Crippen LogP contribution < -0.4 is 0 Å². The molecule has 1 saturated heterocycles. The summed E-state index contributed by atoms with van der Waals surface area (Å²) in [7, 11) is 2.98. The second-order valence-corrected chi connectivity index (χ2v) is 9.70. The fraction of sp³-hybridized carbons (Fsp3) is 0.714. The lowest BCUT2D eigenvalue weighted by atomic mass is 9.77. The number of Topliss-reactive ketones (excluding diaryl/α,β-unsaturated/α-hetero) is 1. The van der Waals surface area contributed by atoms with E-state index in [4.69, 9.17) is 28.1 Å². The van der Waals surface area contributed by atoms with Crippen molar-refractivity contribution in [2.45, 2.75) is 57.5 Å². The van der Waals surface area contributed by atoms with Crippen LogP contribution >= 0.6 is 15.9 Å². The normalized spacial score (nSPS) is 28.1. The van der Waals surface area contributed by atoms with Crippen LogP contribution in [0.3, 0.4) is 0 Å². The zero-order valence-corrected chi connectivity index (χ0v) is 20.2. The smallest absolute Gasteiger partial charge is 0.412 e. The van der Waals surface area contributed by atoms with Gasteiger partial charge in [-0.2, -0.15) is 0 Å². The monoisotopic (exact) mass is 503 g/mol. The Bertz CT molecular complexity index is 806. The van der Waals surface area contributed by atoms with Gasteiger partial charge in [0, 0.05) is 40.0 Å². The number of furan rings is 1. The van der Waals surface area contributed by atoms with Crippen LogP contribution in [-0.2, 0) is 28.5 Å². The molecule has 0 radical (unpaired) electrons. The van der Waals surface area contributed by atoms with Crippen molar-refractivity contribution in [3.8, 4) is 0 Å². The summed E-state index contributed by atoms with van der Waals surface area (Å²) in [5.74, 6) is -0.735. The van der Waals surface area contributed by atoms with Crippen LogP contribution in [0.5, 0.6) is 0 Å². The molecule has 31 heavy (non-hydrogen) atoms. The molecule has 0 aromatic carbocycles. The SMILES string of the molecule is COCO[C@]12CCC(=O)[C@@]1(CN(COC)C(=O)OC(C)(C)C)CC(c1occc1Br)O2. The van der Waals surface area contributed by atoms with E-state index in [1.54, 1.807) is 33.1 Å². The molecule has 1 aliphatic carbocycles. The summed E-state index contributed by atoms with van der Waals surface area (Å²) < 4.78 is 34.6. The lowest BCUT2D eigenvalue weighted by Gasteiger charge is -2.40. The molecule has 0 spiro atoms. The van der Waals surface area contributed by atoms with E-state index >= 15 is 0 Å². The van der Waals surface area contributed by atoms with Crippen molar-refractivity contribution in [2.24, 2.45) is 5.41 Å². The third kappa shape index (κ3) is 4.68. The van der Waals surface area contributed by atoms with Gasteiger partial charge in [0.2, 0.25) is 0 Å². The number of amides is 1. The summed E-state index contributed by atoms with van der Waals surface area (Å²) in [6, 6.07) is 1.77. The Morgan fingerprint density at radius 2 is 2.06 bits per heavy atom. The number of ketones is 1. The molecule has 2 fully saturated rings. The van der Waals surface area contributed by atoms with E-state index in [9.17, 15) is 9.59 Å². The highest BCUT2D eigenvalue weighted by molar-refractivity contribution is 9.10. The molecule has 1 aromatic heterocycles. The van der Waals surface area contributed by atoms with E-state index < -0.39 is 29.0 Å². The maximum atomic E-state index is 13.3. The van der Waals surface area contributed by atoms with E-state index in [1.165, 1.54) is 19.1 Å². The molecular formula is C21H30BrNO8. The Kier molecular flexibility index (Phi) is 7.17. The van der Waals surface area contributed by atoms with Crippen LogP contribution in [0.4, 0.5) is 4.79 Å². The Hall–Kier alpha value is -1.46. The molecule has 2 aliphatic rings. The number of nitrogens with zero attached hydrogens (tertiary/aromatic N) is 1. The Morgan fingerprint density at radius 3 is 2.65 bits per heavy atom. The molecule has 2 heterocycles. The van der Waals surface area contributed by atoms with Crippen molar-refractivity contribution in [2.75, 3.05) is 34.3 Å². The molecule has 9 nitrogen and oxygen atoms in total. The van der Waals surface area contributed by atoms with Crippen LogP contribution in [0.1, 0.15) is 51.9 Å². The molecule has 1 saturated carbocycles. The average molecular weight is 504 g/mol. The van der Waals surface area contributed by atoms with Gasteiger partial charge in [-0.3, -0.25) is 9.69 Å². The highest BCUT2D eigenvalue weighted by atomic mass is 79.9. The number of carbonyl (C=O) groups excluding carboxylic acids is 2. The van der Waals surface area contributed by atoms with Crippen molar-refractivity contribution in [1.82, 2.24) is 4.90 Å². The third-order valence-corrected chi connectivity index (χ3v) is 6.21. The lowest BCUT2D eigenvalue weighted by molar-refractivity contribution is -0.288. The van der Waals surface area contributed by atoms with Crippen LogP contribution in [0.25, 0.3) is 0 Å². The van der Waals surface area contributed by atoms with Gasteiger partial charge < -0.3 is 28.1 Å². The highest BCUT2D eigenvalue weighted by Crippen LogP contribution is 2.60. The summed E-state index contributed by atoms with van der Waals surface area (Å²) >= 11 is 3.46. The molecule has 1 amide bonds. The molecule has 1 unspecified atom stereocenters. The first kappa shape index (κ1) is 24.2. The first-order valence-electron chi connectivity index (χ1n) is 10.1. The zero-order valence-electron chi connectivity index (χ0n) is 18.6. The van der Waals surface area contributed by atoms with E-state index in [-0.39, 0.29) is 38.7 Å². The van der Waals surface area contributed by atoms with Gasteiger partial charge >= 0.3 is 6.09 Å². The van der Waals surface area contributed by atoms with Crippen molar-refractivity contribution >= 4 is 27.8 Å². The lowest BCUT2D eigenvalue weighted by Crippen LogP contribution is -2.55. The predicted octanol–water partition coefficient (Wildman–Crippen LogP) is 4.01.